The fourth-order valence-electron chi connectivity index (χ4n) is 5.16. The van der Waals surface area contributed by atoms with Crippen LogP contribution in [0.15, 0.2) is 36.9 Å². The normalized spacial score (nSPS) is 30.9. The van der Waals surface area contributed by atoms with Crippen LogP contribution in [0.3, 0.4) is 0 Å². The third-order valence-electron chi connectivity index (χ3n) is 6.69. The van der Waals surface area contributed by atoms with Crippen molar-refractivity contribution in [2.75, 3.05) is 0 Å². The lowest BCUT2D eigenvalue weighted by molar-refractivity contribution is 0.156. The molecule has 132 valence electrons. The van der Waals surface area contributed by atoms with E-state index in [2.05, 4.69) is 36.9 Å². The molecular weight excluding hydrogens is 312 g/mol. The van der Waals surface area contributed by atoms with Crippen molar-refractivity contribution < 1.29 is 0 Å². The molecular formula is C23H33Cl. The van der Waals surface area contributed by atoms with Gasteiger partial charge in [0.25, 0.3) is 0 Å². The summed E-state index contributed by atoms with van der Waals surface area (Å²) in [5.74, 6) is 3.80. The average molecular weight is 345 g/mol. The van der Waals surface area contributed by atoms with E-state index in [0.717, 1.165) is 28.7 Å². The van der Waals surface area contributed by atoms with Gasteiger partial charge in [0.1, 0.15) is 0 Å². The van der Waals surface area contributed by atoms with Crippen molar-refractivity contribution >= 4 is 11.6 Å². The van der Waals surface area contributed by atoms with Crippen LogP contribution in [0.25, 0.3) is 0 Å². The number of hydrogen-bond donors (Lipinski definition) is 0. The summed E-state index contributed by atoms with van der Waals surface area (Å²) in [7, 11) is 0. The molecule has 0 spiro atoms. The van der Waals surface area contributed by atoms with E-state index in [1.54, 1.807) is 0 Å². The molecule has 0 radical (unpaired) electrons. The van der Waals surface area contributed by atoms with Crippen LogP contribution in [0.4, 0.5) is 0 Å². The number of unbranched alkanes of at least 4 members (excludes halogenated alkanes) is 1. The second-order valence-corrected chi connectivity index (χ2v) is 8.60. The van der Waals surface area contributed by atoms with E-state index >= 15 is 0 Å². The second-order valence-electron chi connectivity index (χ2n) is 8.16. The highest BCUT2D eigenvalue weighted by Gasteiger charge is 2.31. The number of halogens is 1. The molecule has 1 heteroatoms. The first kappa shape index (κ1) is 18.1. The molecule has 1 aromatic rings. The Morgan fingerprint density at radius 1 is 0.875 bits per heavy atom. The van der Waals surface area contributed by atoms with E-state index in [-0.39, 0.29) is 0 Å². The van der Waals surface area contributed by atoms with Crippen LogP contribution in [0.1, 0.15) is 82.1 Å². The predicted molar refractivity (Wildman–Crippen MR) is 106 cm³/mol. The second kappa shape index (κ2) is 9.09. The summed E-state index contributed by atoms with van der Waals surface area (Å²) >= 11 is 6.02. The van der Waals surface area contributed by atoms with Gasteiger partial charge in [-0.3, -0.25) is 0 Å². The minimum Gasteiger partial charge on any atom is -0.103 e. The molecule has 1 aromatic carbocycles. The molecule has 2 aliphatic carbocycles. The number of rotatable bonds is 6. The zero-order valence-electron chi connectivity index (χ0n) is 15.1. The van der Waals surface area contributed by atoms with Crippen LogP contribution < -0.4 is 0 Å². The van der Waals surface area contributed by atoms with Crippen molar-refractivity contribution in [3.63, 3.8) is 0 Å². The maximum absolute atomic E-state index is 6.02. The minimum absolute atomic E-state index is 0.772. The molecule has 0 N–H and O–H groups in total. The summed E-state index contributed by atoms with van der Waals surface area (Å²) in [6, 6.07) is 8.58. The first-order chi connectivity index (χ1) is 11.8. The van der Waals surface area contributed by atoms with E-state index in [1.165, 1.54) is 76.2 Å². The van der Waals surface area contributed by atoms with Crippen LogP contribution in [0.5, 0.6) is 0 Å². The van der Waals surface area contributed by atoms with Crippen molar-refractivity contribution in [3.05, 3.63) is 47.5 Å². The Bertz CT molecular complexity index is 487. The van der Waals surface area contributed by atoms with Crippen molar-refractivity contribution in [2.24, 2.45) is 17.8 Å². The standard InChI is InChI=1S/C23H33Cl/c1-2-3-4-5-18-6-8-19(9-7-18)20-10-12-21(13-11-20)22-14-16-23(24)17-15-22/h2,14-21H,1,3-13H2. The molecule has 2 saturated carbocycles. The molecule has 0 unspecified atom stereocenters. The average Bonchev–Trinajstić information content (AvgIpc) is 2.63. The smallest absolute Gasteiger partial charge is 0.0406 e. The van der Waals surface area contributed by atoms with Gasteiger partial charge in [-0.05, 0) is 92.7 Å². The van der Waals surface area contributed by atoms with Crippen LogP contribution in [-0.2, 0) is 0 Å². The first-order valence-corrected chi connectivity index (χ1v) is 10.5. The molecule has 2 aliphatic rings. The Hall–Kier alpha value is -0.750. The number of benzene rings is 1. The molecule has 2 fully saturated rings. The Morgan fingerprint density at radius 3 is 2.04 bits per heavy atom. The third kappa shape index (κ3) is 4.88. The van der Waals surface area contributed by atoms with Gasteiger partial charge in [0.15, 0.2) is 0 Å². The molecule has 0 atom stereocenters. The molecule has 0 heterocycles. The molecule has 3 rings (SSSR count). The highest BCUT2D eigenvalue weighted by atomic mass is 35.5. The fourth-order valence-corrected chi connectivity index (χ4v) is 5.28. The van der Waals surface area contributed by atoms with Crippen molar-refractivity contribution in [2.45, 2.75) is 76.5 Å². The summed E-state index contributed by atoms with van der Waals surface area (Å²) in [5, 5.41) is 0.859. The molecule has 0 saturated heterocycles. The van der Waals surface area contributed by atoms with E-state index in [0.29, 0.717) is 0 Å². The third-order valence-corrected chi connectivity index (χ3v) is 6.94. The largest absolute Gasteiger partial charge is 0.103 e. The number of allylic oxidation sites excluding steroid dienone is 1. The zero-order valence-corrected chi connectivity index (χ0v) is 15.8. The van der Waals surface area contributed by atoms with Gasteiger partial charge in [-0.1, -0.05) is 49.1 Å². The molecule has 0 aromatic heterocycles. The monoisotopic (exact) mass is 344 g/mol. The van der Waals surface area contributed by atoms with Crippen LogP contribution in [0, 0.1) is 17.8 Å². The minimum atomic E-state index is 0.772. The van der Waals surface area contributed by atoms with E-state index in [9.17, 15) is 0 Å². The maximum Gasteiger partial charge on any atom is 0.0406 e. The van der Waals surface area contributed by atoms with Crippen molar-refractivity contribution in [1.82, 2.24) is 0 Å². The van der Waals surface area contributed by atoms with Gasteiger partial charge in [-0.15, -0.1) is 6.58 Å². The molecule has 0 bridgehead atoms. The van der Waals surface area contributed by atoms with Gasteiger partial charge in [-0.2, -0.15) is 0 Å². The van der Waals surface area contributed by atoms with Crippen LogP contribution in [-0.4, -0.2) is 0 Å². The lowest BCUT2D eigenvalue weighted by atomic mass is 9.68. The van der Waals surface area contributed by atoms with E-state index < -0.39 is 0 Å². The predicted octanol–water partition coefficient (Wildman–Crippen LogP) is 7.78. The Labute approximate surface area is 153 Å². The first-order valence-electron chi connectivity index (χ1n) is 10.1. The zero-order chi connectivity index (χ0) is 16.8. The van der Waals surface area contributed by atoms with Gasteiger partial charge in [0.2, 0.25) is 0 Å². The topological polar surface area (TPSA) is 0 Å². The van der Waals surface area contributed by atoms with Crippen molar-refractivity contribution in [3.8, 4) is 0 Å². The summed E-state index contributed by atoms with van der Waals surface area (Å²) < 4.78 is 0. The van der Waals surface area contributed by atoms with Gasteiger partial charge < -0.3 is 0 Å². The number of hydrogen-bond acceptors (Lipinski definition) is 0. The molecule has 0 aliphatic heterocycles. The molecule has 0 nitrogen and oxygen atoms in total. The lowest BCUT2D eigenvalue weighted by Gasteiger charge is -2.38. The fraction of sp³-hybridized carbons (Fsp3) is 0.652. The van der Waals surface area contributed by atoms with Crippen molar-refractivity contribution in [1.29, 1.82) is 0 Å². The van der Waals surface area contributed by atoms with Crippen LogP contribution >= 0.6 is 11.6 Å². The summed E-state index contributed by atoms with van der Waals surface area (Å²) in [6.45, 7) is 3.84. The van der Waals surface area contributed by atoms with Gasteiger partial charge in [-0.25, -0.2) is 0 Å². The summed E-state index contributed by atoms with van der Waals surface area (Å²) in [4.78, 5) is 0. The van der Waals surface area contributed by atoms with Gasteiger partial charge in [0.05, 0.1) is 0 Å². The molecule has 0 amide bonds. The van der Waals surface area contributed by atoms with E-state index in [1.807, 2.05) is 0 Å². The van der Waals surface area contributed by atoms with Crippen LogP contribution in [0.2, 0.25) is 5.02 Å². The highest BCUT2D eigenvalue weighted by Crippen LogP contribution is 2.44. The van der Waals surface area contributed by atoms with Gasteiger partial charge in [0, 0.05) is 5.02 Å². The van der Waals surface area contributed by atoms with Gasteiger partial charge >= 0.3 is 0 Å². The Balaban J connectivity index is 1.41. The lowest BCUT2D eigenvalue weighted by Crippen LogP contribution is -2.25. The quantitative estimate of drug-likeness (QED) is 0.365. The highest BCUT2D eigenvalue weighted by molar-refractivity contribution is 6.30. The maximum atomic E-state index is 6.02. The summed E-state index contributed by atoms with van der Waals surface area (Å²) in [5.41, 5.74) is 1.50. The summed E-state index contributed by atoms with van der Waals surface area (Å²) in [6.07, 6.45) is 17.7. The Kier molecular flexibility index (Phi) is 6.84. The SMILES string of the molecule is C=CCCCC1CCC(C2CCC(c3ccc(Cl)cc3)CC2)CC1. The Morgan fingerprint density at radius 2 is 1.46 bits per heavy atom. The van der Waals surface area contributed by atoms with E-state index in [4.69, 9.17) is 11.6 Å². The molecule has 24 heavy (non-hydrogen) atoms.